The van der Waals surface area contributed by atoms with E-state index in [1.54, 1.807) is 34.6 Å². The Labute approximate surface area is 181 Å². The van der Waals surface area contributed by atoms with Gasteiger partial charge in [0, 0.05) is 7.05 Å². The highest BCUT2D eigenvalue weighted by Gasteiger charge is 2.62. The maximum atomic E-state index is 14.8. The van der Waals surface area contributed by atoms with Crippen molar-refractivity contribution in [3.05, 3.63) is 12.0 Å². The molecule has 1 aliphatic carbocycles. The zero-order valence-corrected chi connectivity index (χ0v) is 19.6. The lowest BCUT2D eigenvalue weighted by molar-refractivity contribution is 0.0602. The number of likely N-dealkylation sites (N-methyl/N-ethyl adjacent to an activating group) is 1. The van der Waals surface area contributed by atoms with Gasteiger partial charge in [0.25, 0.3) is 0 Å². The van der Waals surface area contributed by atoms with Gasteiger partial charge < -0.3 is 15.0 Å². The number of carbonyl (C=O) groups excluding carboxylic acids is 1. The van der Waals surface area contributed by atoms with Crippen LogP contribution in [-0.4, -0.2) is 65.3 Å². The molecule has 0 aromatic carbocycles. The van der Waals surface area contributed by atoms with Gasteiger partial charge in [0.15, 0.2) is 15.1 Å². The van der Waals surface area contributed by atoms with E-state index in [1.165, 1.54) is 11.9 Å². The number of rotatable bonds is 2. The third kappa shape index (κ3) is 3.95. The summed E-state index contributed by atoms with van der Waals surface area (Å²) in [6.07, 6.45) is 1.49. The van der Waals surface area contributed by atoms with Crippen molar-refractivity contribution >= 4 is 38.7 Å². The van der Waals surface area contributed by atoms with Crippen LogP contribution in [0.5, 0.6) is 0 Å². The first-order valence-corrected chi connectivity index (χ1v) is 11.8. The van der Waals surface area contributed by atoms with E-state index in [-0.39, 0.29) is 22.8 Å². The van der Waals surface area contributed by atoms with Gasteiger partial charge in [-0.25, -0.2) is 22.6 Å². The normalized spacial score (nSPS) is 35.4. The number of aliphatic imine (C=N–C) groups is 2. The third-order valence-electron chi connectivity index (χ3n) is 5.80. The zero-order valence-electron chi connectivity index (χ0n) is 18.0. The van der Waals surface area contributed by atoms with Crippen LogP contribution in [0, 0.1) is 5.92 Å². The first-order chi connectivity index (χ1) is 13.6. The van der Waals surface area contributed by atoms with Gasteiger partial charge in [-0.05, 0) is 65.0 Å². The number of amides is 1. The fourth-order valence-electron chi connectivity index (χ4n) is 4.17. The largest absolute Gasteiger partial charge is 0.442 e. The monoisotopic (exact) mass is 462 g/mol. The zero-order chi connectivity index (χ0) is 22.7. The van der Waals surface area contributed by atoms with Gasteiger partial charge in [-0.15, -0.1) is 0 Å². The molecule has 0 bridgehead atoms. The minimum atomic E-state index is -3.82. The van der Waals surface area contributed by atoms with E-state index in [0.29, 0.717) is 12.8 Å². The molecule has 1 amide bonds. The van der Waals surface area contributed by atoms with Gasteiger partial charge in [-0.2, -0.15) is 4.99 Å². The molecule has 3 rings (SSSR count). The maximum Gasteiger partial charge on any atom is 0.435 e. The van der Waals surface area contributed by atoms with Crippen molar-refractivity contribution < 1.29 is 22.3 Å². The number of hydrogen-bond donors (Lipinski definition) is 1. The maximum absolute atomic E-state index is 14.8. The summed E-state index contributed by atoms with van der Waals surface area (Å²) in [5, 5.41) is 3.13. The minimum absolute atomic E-state index is 0.0205. The van der Waals surface area contributed by atoms with Crippen molar-refractivity contribution in [3.63, 3.8) is 0 Å². The van der Waals surface area contributed by atoms with Crippen LogP contribution >= 0.6 is 11.6 Å². The van der Waals surface area contributed by atoms with Crippen molar-refractivity contribution in [2.75, 3.05) is 12.8 Å². The summed E-state index contributed by atoms with van der Waals surface area (Å²) < 4.78 is 45.8. The van der Waals surface area contributed by atoms with E-state index < -0.39 is 43.7 Å². The van der Waals surface area contributed by atoms with Crippen molar-refractivity contribution in [2.45, 2.75) is 69.4 Å². The van der Waals surface area contributed by atoms with E-state index in [2.05, 4.69) is 15.3 Å². The van der Waals surface area contributed by atoms with E-state index in [4.69, 9.17) is 16.3 Å². The number of nitrogens with one attached hydrogen (secondary N) is 1. The first-order valence-electron chi connectivity index (χ1n) is 9.75. The number of hydrogen-bond acceptors (Lipinski definition) is 6. The molecule has 0 aromatic rings. The molecule has 0 spiro atoms. The molecule has 30 heavy (non-hydrogen) atoms. The number of halogens is 2. The Balaban J connectivity index is 2.08. The van der Waals surface area contributed by atoms with Crippen LogP contribution in [0.2, 0.25) is 0 Å². The molecular formula is C19H28ClFN4O4S. The number of ether oxygens (including phenoxy) is 1. The van der Waals surface area contributed by atoms with Crippen LogP contribution in [-0.2, 0) is 14.6 Å². The number of carbonyl (C=O) groups is 1. The molecule has 1 saturated carbocycles. The number of nitrogens with zero attached hydrogens (tertiary/aromatic N) is 3. The Hall–Kier alpha value is -1.68. The van der Waals surface area contributed by atoms with Crippen LogP contribution in [0.1, 0.15) is 47.5 Å². The van der Waals surface area contributed by atoms with Gasteiger partial charge in [0.2, 0.25) is 0 Å². The fourth-order valence-corrected chi connectivity index (χ4v) is 6.77. The Kier molecular flexibility index (Phi) is 5.51. The van der Waals surface area contributed by atoms with E-state index >= 15 is 0 Å². The molecule has 168 valence electrons. The topological polar surface area (TPSA) is 100 Å². The smallest absolute Gasteiger partial charge is 0.435 e. The highest BCUT2D eigenvalue weighted by atomic mass is 35.5. The summed E-state index contributed by atoms with van der Waals surface area (Å²) in [4.78, 5) is 21.6. The molecule has 1 saturated heterocycles. The summed E-state index contributed by atoms with van der Waals surface area (Å²) in [5.41, 5.74) is -2.14. The Morgan fingerprint density at radius 3 is 2.53 bits per heavy atom. The van der Waals surface area contributed by atoms with Crippen molar-refractivity contribution in [3.8, 4) is 0 Å². The lowest BCUT2D eigenvalue weighted by Crippen LogP contribution is -2.73. The minimum Gasteiger partial charge on any atom is -0.442 e. The van der Waals surface area contributed by atoms with Crippen LogP contribution in [0.4, 0.5) is 9.18 Å². The van der Waals surface area contributed by atoms with E-state index in [9.17, 15) is 17.6 Å². The molecule has 2 aliphatic heterocycles. The quantitative estimate of drug-likeness (QED) is 0.633. The third-order valence-corrected chi connectivity index (χ3v) is 8.96. The molecule has 0 radical (unpaired) electrons. The Morgan fingerprint density at radius 2 is 2.00 bits per heavy atom. The first kappa shape index (κ1) is 23.0. The van der Waals surface area contributed by atoms with Gasteiger partial charge in [-0.3, -0.25) is 0 Å². The lowest BCUT2D eigenvalue weighted by Gasteiger charge is -2.50. The molecule has 1 N–H and O–H groups in total. The average molecular weight is 463 g/mol. The van der Waals surface area contributed by atoms with Gasteiger partial charge in [-0.1, -0.05) is 0 Å². The predicted molar refractivity (Wildman–Crippen MR) is 114 cm³/mol. The van der Waals surface area contributed by atoms with Crippen LogP contribution in [0.25, 0.3) is 0 Å². The molecule has 2 heterocycles. The van der Waals surface area contributed by atoms with Gasteiger partial charge >= 0.3 is 6.09 Å². The average Bonchev–Trinajstić information content (AvgIpc) is 3.39. The molecule has 8 nitrogen and oxygen atoms in total. The molecule has 2 fully saturated rings. The SMILES string of the molecule is CN1C(Cl)=NC=C(F)C1[C@]1(C)CS(=O)(=O)[C@@](C)(C2CC2)/C(=N/C(=O)OC(C)(C)C)N1. The van der Waals surface area contributed by atoms with Crippen molar-refractivity contribution in [1.29, 1.82) is 0 Å². The highest BCUT2D eigenvalue weighted by Crippen LogP contribution is 2.48. The number of amidine groups is 2. The van der Waals surface area contributed by atoms with E-state index in [1.807, 2.05) is 0 Å². The van der Waals surface area contributed by atoms with Crippen LogP contribution < -0.4 is 5.32 Å². The predicted octanol–water partition coefficient (Wildman–Crippen LogP) is 2.99. The highest BCUT2D eigenvalue weighted by molar-refractivity contribution is 7.93. The van der Waals surface area contributed by atoms with Crippen LogP contribution in [0.3, 0.4) is 0 Å². The molecule has 3 atom stereocenters. The lowest BCUT2D eigenvalue weighted by atomic mass is 9.89. The van der Waals surface area contributed by atoms with Crippen molar-refractivity contribution in [2.24, 2.45) is 15.9 Å². The molecule has 0 aromatic heterocycles. The second-order valence-electron chi connectivity index (χ2n) is 9.55. The molecule has 3 aliphatic rings. The summed E-state index contributed by atoms with van der Waals surface area (Å²) in [6.45, 7) is 8.23. The summed E-state index contributed by atoms with van der Waals surface area (Å²) in [6, 6.07) is -1.05. The molecule has 11 heteroatoms. The Bertz CT molecular complexity index is 954. The number of sulfone groups is 1. The Morgan fingerprint density at radius 1 is 1.40 bits per heavy atom. The standard InChI is InChI=1S/C19H28ClFN4O4S/c1-17(2,3)29-16(26)23-14-19(5,11-7-8-11)30(27,28)10-18(4,24-14)13-12(21)9-22-15(20)25(13)6/h9,11,13H,7-8,10H2,1-6H3,(H,23,24,26)/t13?,18-,19-/m0/s1. The van der Waals surface area contributed by atoms with Gasteiger partial charge in [0.1, 0.15) is 28.1 Å². The fraction of sp³-hybridized carbons (Fsp3) is 0.737. The summed E-state index contributed by atoms with van der Waals surface area (Å²) in [5.74, 6) is -1.19. The second-order valence-corrected chi connectivity index (χ2v) is 12.3. The van der Waals surface area contributed by atoms with Crippen LogP contribution in [0.15, 0.2) is 22.0 Å². The van der Waals surface area contributed by atoms with Crippen molar-refractivity contribution in [1.82, 2.24) is 10.2 Å². The summed E-state index contributed by atoms with van der Waals surface area (Å²) >= 11 is 6.07. The van der Waals surface area contributed by atoms with E-state index in [0.717, 1.165) is 6.20 Å². The second kappa shape index (κ2) is 7.19. The molecule has 1 unspecified atom stereocenters. The summed E-state index contributed by atoms with van der Waals surface area (Å²) in [7, 11) is -2.29. The van der Waals surface area contributed by atoms with Gasteiger partial charge in [0.05, 0.1) is 17.5 Å². The molecular weight excluding hydrogens is 435 g/mol.